The molecule has 2 heterocycles. The van der Waals surface area contributed by atoms with Gasteiger partial charge in [-0.25, -0.2) is 4.99 Å². The average molecular weight is 335 g/mol. The van der Waals surface area contributed by atoms with Gasteiger partial charge in [0, 0.05) is 36.8 Å². The lowest BCUT2D eigenvalue weighted by Gasteiger charge is -2.07. The number of aromatic nitrogens is 3. The minimum absolute atomic E-state index is 0.268. The molecule has 3 rings (SSSR count). The van der Waals surface area contributed by atoms with E-state index in [9.17, 15) is 4.79 Å². The van der Waals surface area contributed by atoms with Crippen LogP contribution in [0.2, 0.25) is 0 Å². The Kier molecular flexibility index (Phi) is 4.84. The average Bonchev–Trinajstić information content (AvgIpc) is 3.13. The van der Waals surface area contributed by atoms with Crippen LogP contribution in [0.4, 0.5) is 5.69 Å². The number of carbonyl (C=O) groups excluding carboxylic acids is 1. The Balaban J connectivity index is 1.75. The number of pyridine rings is 1. The van der Waals surface area contributed by atoms with Crippen molar-refractivity contribution in [3.8, 4) is 11.4 Å². The summed E-state index contributed by atoms with van der Waals surface area (Å²) in [7, 11) is 1.89. The van der Waals surface area contributed by atoms with Crippen LogP contribution in [-0.4, -0.2) is 20.6 Å². The van der Waals surface area contributed by atoms with E-state index < -0.39 is 0 Å². The highest BCUT2D eigenvalue weighted by atomic mass is 16.5. The van der Waals surface area contributed by atoms with E-state index in [1.54, 1.807) is 6.07 Å². The molecule has 7 heteroatoms. The molecule has 0 radical (unpaired) electrons. The molecule has 0 saturated carbocycles. The zero-order valence-corrected chi connectivity index (χ0v) is 13.9. The maximum absolute atomic E-state index is 12.1. The van der Waals surface area contributed by atoms with E-state index in [1.807, 2.05) is 55.1 Å². The van der Waals surface area contributed by atoms with Gasteiger partial charge in [0.05, 0.1) is 0 Å². The number of anilines is 1. The lowest BCUT2D eigenvalue weighted by molar-refractivity contribution is -0.111. The number of rotatable bonds is 4. The summed E-state index contributed by atoms with van der Waals surface area (Å²) in [6.07, 6.45) is 6.01. The van der Waals surface area contributed by atoms with Crippen LogP contribution in [0.25, 0.3) is 11.4 Å². The van der Waals surface area contributed by atoms with Gasteiger partial charge in [-0.2, -0.15) is 4.98 Å². The largest absolute Gasteiger partial charge is 0.342 e. The van der Waals surface area contributed by atoms with Crippen molar-refractivity contribution in [3.63, 3.8) is 0 Å². The third kappa shape index (κ3) is 4.08. The van der Waals surface area contributed by atoms with Gasteiger partial charge in [0.25, 0.3) is 0 Å². The number of benzene rings is 1. The van der Waals surface area contributed by atoms with E-state index in [2.05, 4.69) is 20.4 Å². The molecule has 126 valence electrons. The second kappa shape index (κ2) is 7.39. The first-order valence-corrected chi connectivity index (χ1v) is 7.64. The van der Waals surface area contributed by atoms with Gasteiger partial charge in [-0.3, -0.25) is 4.79 Å². The molecule has 0 aliphatic carbocycles. The molecule has 0 spiro atoms. The van der Waals surface area contributed by atoms with E-state index in [0.29, 0.717) is 11.5 Å². The quantitative estimate of drug-likeness (QED) is 0.742. The van der Waals surface area contributed by atoms with Crippen LogP contribution in [0.5, 0.6) is 0 Å². The van der Waals surface area contributed by atoms with Crippen LogP contribution in [0.1, 0.15) is 5.56 Å². The molecule has 0 fully saturated rings. The van der Waals surface area contributed by atoms with Gasteiger partial charge < -0.3 is 14.4 Å². The van der Waals surface area contributed by atoms with Crippen LogP contribution in [-0.2, 0) is 11.8 Å². The molecule has 0 atom stereocenters. The molecule has 1 N–H and O–H groups in total. The summed E-state index contributed by atoms with van der Waals surface area (Å²) < 4.78 is 6.61. The lowest BCUT2D eigenvalue weighted by Crippen LogP contribution is -2.15. The minimum Gasteiger partial charge on any atom is -0.342 e. The highest BCUT2D eigenvalue weighted by Gasteiger charge is 2.07. The zero-order valence-electron chi connectivity index (χ0n) is 13.9. The number of amides is 1. The van der Waals surface area contributed by atoms with E-state index in [4.69, 9.17) is 4.52 Å². The number of aryl methyl sites for hydroxylation is 2. The van der Waals surface area contributed by atoms with Gasteiger partial charge in [0.1, 0.15) is 5.49 Å². The second-order valence-electron chi connectivity index (χ2n) is 5.39. The topological polar surface area (TPSA) is 85.3 Å². The SMILES string of the molecule is Cc1ccc(-c2ncon2)cc1NC(=O)/C=C/N=c1/ccccn1C. The van der Waals surface area contributed by atoms with Crippen LogP contribution < -0.4 is 10.8 Å². The molecule has 0 bridgehead atoms. The monoisotopic (exact) mass is 335 g/mol. The molecule has 0 aliphatic rings. The summed E-state index contributed by atoms with van der Waals surface area (Å²) in [4.78, 5) is 20.4. The number of nitrogens with zero attached hydrogens (tertiary/aromatic N) is 4. The molecule has 0 unspecified atom stereocenters. The van der Waals surface area contributed by atoms with Crippen molar-refractivity contribution >= 4 is 11.6 Å². The molecule has 7 nitrogen and oxygen atoms in total. The fourth-order valence-electron chi connectivity index (χ4n) is 2.20. The van der Waals surface area contributed by atoms with Crippen LogP contribution in [0.3, 0.4) is 0 Å². The molecule has 3 aromatic rings. The molecular weight excluding hydrogens is 318 g/mol. The fourth-order valence-corrected chi connectivity index (χ4v) is 2.20. The van der Waals surface area contributed by atoms with Crippen molar-refractivity contribution in [1.82, 2.24) is 14.7 Å². The Hall–Kier alpha value is -3.48. The van der Waals surface area contributed by atoms with E-state index in [0.717, 1.165) is 16.6 Å². The summed E-state index contributed by atoms with van der Waals surface area (Å²) in [5, 5.41) is 6.63. The second-order valence-corrected chi connectivity index (χ2v) is 5.39. The van der Waals surface area contributed by atoms with Gasteiger partial charge in [-0.15, -0.1) is 0 Å². The summed E-state index contributed by atoms with van der Waals surface area (Å²) in [6, 6.07) is 11.2. The first kappa shape index (κ1) is 16.4. The maximum Gasteiger partial charge on any atom is 0.249 e. The van der Waals surface area contributed by atoms with Crippen molar-refractivity contribution in [3.05, 3.63) is 72.3 Å². The highest BCUT2D eigenvalue weighted by Crippen LogP contribution is 2.22. The summed E-state index contributed by atoms with van der Waals surface area (Å²) in [5.74, 6) is 0.202. The predicted molar refractivity (Wildman–Crippen MR) is 93.2 cm³/mol. The summed E-state index contributed by atoms with van der Waals surface area (Å²) in [6.45, 7) is 1.91. The van der Waals surface area contributed by atoms with Crippen molar-refractivity contribution in [2.24, 2.45) is 12.0 Å². The lowest BCUT2D eigenvalue weighted by atomic mass is 10.1. The van der Waals surface area contributed by atoms with Crippen molar-refractivity contribution in [1.29, 1.82) is 0 Å². The first-order valence-electron chi connectivity index (χ1n) is 7.64. The summed E-state index contributed by atoms with van der Waals surface area (Å²) in [5.41, 5.74) is 3.13. The Labute approximate surface area is 144 Å². The smallest absolute Gasteiger partial charge is 0.249 e. The van der Waals surface area contributed by atoms with Gasteiger partial charge in [0.15, 0.2) is 0 Å². The van der Waals surface area contributed by atoms with Gasteiger partial charge in [-0.05, 0) is 30.7 Å². The van der Waals surface area contributed by atoms with E-state index >= 15 is 0 Å². The zero-order chi connectivity index (χ0) is 17.6. The highest BCUT2D eigenvalue weighted by molar-refractivity contribution is 6.00. The van der Waals surface area contributed by atoms with Crippen molar-refractivity contribution in [2.45, 2.75) is 6.92 Å². The van der Waals surface area contributed by atoms with Crippen LogP contribution in [0, 0.1) is 6.92 Å². The Morgan fingerprint density at radius 1 is 1.32 bits per heavy atom. The molecule has 1 amide bonds. The van der Waals surface area contributed by atoms with E-state index in [1.165, 1.54) is 18.7 Å². The van der Waals surface area contributed by atoms with Crippen LogP contribution in [0.15, 0.2) is 70.8 Å². The van der Waals surface area contributed by atoms with Crippen molar-refractivity contribution < 1.29 is 9.32 Å². The predicted octanol–water partition coefficient (Wildman–Crippen LogP) is 2.44. The molecular formula is C18H17N5O2. The van der Waals surface area contributed by atoms with Gasteiger partial charge in [-0.1, -0.05) is 23.4 Å². The van der Waals surface area contributed by atoms with Crippen LogP contribution >= 0.6 is 0 Å². The fraction of sp³-hybridized carbons (Fsp3) is 0.111. The Morgan fingerprint density at radius 2 is 2.20 bits per heavy atom. The minimum atomic E-state index is -0.268. The number of hydrogen-bond donors (Lipinski definition) is 1. The molecule has 1 aromatic carbocycles. The normalized spacial score (nSPS) is 11.8. The van der Waals surface area contributed by atoms with Gasteiger partial charge in [0.2, 0.25) is 18.1 Å². The third-order valence-electron chi connectivity index (χ3n) is 3.58. The number of hydrogen-bond acceptors (Lipinski definition) is 5. The maximum atomic E-state index is 12.1. The number of carbonyl (C=O) groups is 1. The van der Waals surface area contributed by atoms with Crippen molar-refractivity contribution in [2.75, 3.05) is 5.32 Å². The molecule has 0 saturated heterocycles. The Morgan fingerprint density at radius 3 is 2.96 bits per heavy atom. The molecule has 0 aliphatic heterocycles. The third-order valence-corrected chi connectivity index (χ3v) is 3.58. The first-order chi connectivity index (χ1) is 12.1. The Bertz CT molecular complexity index is 971. The molecule has 2 aromatic heterocycles. The van der Waals surface area contributed by atoms with E-state index in [-0.39, 0.29) is 5.91 Å². The molecule has 25 heavy (non-hydrogen) atoms. The van der Waals surface area contributed by atoms with Gasteiger partial charge >= 0.3 is 0 Å². The number of nitrogens with one attached hydrogen (secondary N) is 1. The standard InChI is InChI=1S/C18H17N5O2/c1-13-6-7-14(18-20-12-25-22-18)11-15(13)21-17(24)8-9-19-16-5-3-4-10-23(16)2/h3-12H,1-2H3,(H,21,24)/b9-8+,19-16-. The summed E-state index contributed by atoms with van der Waals surface area (Å²) >= 11 is 0.